The van der Waals surface area contributed by atoms with Gasteiger partial charge in [0, 0.05) is 12.6 Å². The molecule has 0 spiro atoms. The van der Waals surface area contributed by atoms with Gasteiger partial charge >= 0.3 is 12.1 Å². The van der Waals surface area contributed by atoms with Crippen molar-refractivity contribution in [3.05, 3.63) is 35.4 Å². The lowest BCUT2D eigenvalue weighted by Gasteiger charge is -2.16. The minimum absolute atomic E-state index is 0.138. The first-order valence-electron chi connectivity index (χ1n) is 5.25. The van der Waals surface area contributed by atoms with E-state index in [-0.39, 0.29) is 12.1 Å². The van der Waals surface area contributed by atoms with Gasteiger partial charge < -0.3 is 9.64 Å². The van der Waals surface area contributed by atoms with Crippen LogP contribution in [0.5, 0.6) is 0 Å². The summed E-state index contributed by atoms with van der Waals surface area (Å²) in [6.45, 7) is -0.328. The van der Waals surface area contributed by atoms with E-state index >= 15 is 0 Å². The molecule has 0 bridgehead atoms. The predicted molar refractivity (Wildman–Crippen MR) is 60.4 cm³/mol. The van der Waals surface area contributed by atoms with Gasteiger partial charge in [0.05, 0.1) is 12.7 Å². The van der Waals surface area contributed by atoms with Crippen molar-refractivity contribution in [2.45, 2.75) is 6.18 Å². The van der Waals surface area contributed by atoms with Crippen LogP contribution in [0.4, 0.5) is 13.2 Å². The van der Waals surface area contributed by atoms with Crippen LogP contribution in [-0.4, -0.2) is 37.5 Å². The molecule has 0 saturated heterocycles. The Hall–Kier alpha value is -2.05. The zero-order valence-electron chi connectivity index (χ0n) is 10.3. The quantitative estimate of drug-likeness (QED) is 0.792. The summed E-state index contributed by atoms with van der Waals surface area (Å²) in [4.78, 5) is 23.8. The third kappa shape index (κ3) is 3.97. The van der Waals surface area contributed by atoms with Crippen molar-refractivity contribution in [2.24, 2.45) is 0 Å². The van der Waals surface area contributed by atoms with E-state index < -0.39 is 23.6 Å². The highest BCUT2D eigenvalue weighted by molar-refractivity contribution is 5.95. The molecule has 0 aliphatic carbocycles. The van der Waals surface area contributed by atoms with E-state index in [0.29, 0.717) is 0 Å². The van der Waals surface area contributed by atoms with Gasteiger partial charge in [-0.05, 0) is 18.2 Å². The number of carbonyl (C=O) groups excluding carboxylic acids is 2. The molecule has 0 unspecified atom stereocenters. The van der Waals surface area contributed by atoms with Crippen molar-refractivity contribution in [1.82, 2.24) is 4.90 Å². The number of rotatable bonds is 3. The third-order valence-electron chi connectivity index (χ3n) is 2.38. The molecule has 0 aliphatic heterocycles. The fraction of sp³-hybridized carbons (Fsp3) is 0.333. The second kappa shape index (κ2) is 5.73. The van der Waals surface area contributed by atoms with Crippen LogP contribution < -0.4 is 0 Å². The number of methoxy groups -OCH3 is 1. The summed E-state index contributed by atoms with van der Waals surface area (Å²) in [6.07, 6.45) is -4.52. The molecular formula is C12H12F3NO3. The Balaban J connectivity index is 2.91. The van der Waals surface area contributed by atoms with E-state index in [1.54, 1.807) is 0 Å². The number of benzene rings is 1. The minimum atomic E-state index is -4.52. The summed E-state index contributed by atoms with van der Waals surface area (Å²) in [5.74, 6) is -1.33. The molecule has 0 N–H and O–H groups in total. The lowest BCUT2D eigenvalue weighted by Crippen LogP contribution is -2.32. The van der Waals surface area contributed by atoms with Gasteiger partial charge in [0.1, 0.15) is 6.54 Å². The summed E-state index contributed by atoms with van der Waals surface area (Å²) < 4.78 is 41.9. The number of halogens is 3. The summed E-state index contributed by atoms with van der Waals surface area (Å²) >= 11 is 0. The van der Waals surface area contributed by atoms with Crippen LogP contribution in [0.15, 0.2) is 24.3 Å². The molecule has 19 heavy (non-hydrogen) atoms. The van der Waals surface area contributed by atoms with Crippen molar-refractivity contribution in [2.75, 3.05) is 20.7 Å². The topological polar surface area (TPSA) is 46.6 Å². The Morgan fingerprint density at radius 1 is 1.32 bits per heavy atom. The van der Waals surface area contributed by atoms with Gasteiger partial charge in [-0.2, -0.15) is 13.2 Å². The molecule has 7 heteroatoms. The van der Waals surface area contributed by atoms with Crippen LogP contribution >= 0.6 is 0 Å². The number of carbonyl (C=O) groups is 2. The van der Waals surface area contributed by atoms with E-state index in [0.717, 1.165) is 30.2 Å². The number of alkyl halides is 3. The number of amides is 1. The molecular weight excluding hydrogens is 263 g/mol. The Morgan fingerprint density at radius 3 is 2.47 bits per heavy atom. The van der Waals surface area contributed by atoms with Crippen LogP contribution in [0.25, 0.3) is 0 Å². The number of nitrogens with zero attached hydrogens (tertiary/aromatic N) is 1. The van der Waals surface area contributed by atoms with E-state index in [2.05, 4.69) is 4.74 Å². The number of esters is 1. The smallest absolute Gasteiger partial charge is 0.416 e. The van der Waals surface area contributed by atoms with Crippen LogP contribution in [0.3, 0.4) is 0 Å². The number of hydrogen-bond donors (Lipinski definition) is 0. The second-order valence-electron chi connectivity index (χ2n) is 3.82. The molecule has 0 aromatic heterocycles. The summed E-state index contributed by atoms with van der Waals surface area (Å²) in [7, 11) is 2.46. The zero-order valence-corrected chi connectivity index (χ0v) is 10.3. The molecule has 0 aliphatic rings. The molecule has 0 saturated carbocycles. The number of likely N-dealkylation sites (N-methyl/N-ethyl adjacent to an activating group) is 1. The van der Waals surface area contributed by atoms with E-state index in [4.69, 9.17) is 0 Å². The van der Waals surface area contributed by atoms with Gasteiger partial charge in [-0.3, -0.25) is 9.59 Å². The average molecular weight is 275 g/mol. The maximum atomic E-state index is 12.5. The van der Waals surface area contributed by atoms with E-state index in [9.17, 15) is 22.8 Å². The number of ether oxygens (including phenoxy) is 1. The SMILES string of the molecule is COC(=O)CN(C)C(=O)c1cccc(C(F)(F)F)c1. The molecule has 1 rings (SSSR count). The first kappa shape index (κ1) is 15.0. The fourth-order valence-corrected chi connectivity index (χ4v) is 1.38. The Kier molecular flexibility index (Phi) is 4.52. The van der Waals surface area contributed by atoms with Gasteiger partial charge in [-0.1, -0.05) is 6.07 Å². The molecule has 0 heterocycles. The van der Waals surface area contributed by atoms with Gasteiger partial charge in [0.15, 0.2) is 0 Å². The lowest BCUT2D eigenvalue weighted by atomic mass is 10.1. The van der Waals surface area contributed by atoms with Gasteiger partial charge in [0.2, 0.25) is 0 Å². The third-order valence-corrected chi connectivity index (χ3v) is 2.38. The summed E-state index contributed by atoms with van der Waals surface area (Å²) in [5, 5.41) is 0. The second-order valence-corrected chi connectivity index (χ2v) is 3.82. The van der Waals surface area contributed by atoms with Crippen molar-refractivity contribution in [3.8, 4) is 0 Å². The lowest BCUT2D eigenvalue weighted by molar-refractivity contribution is -0.141. The van der Waals surface area contributed by atoms with Crippen molar-refractivity contribution < 1.29 is 27.5 Å². The molecule has 1 aromatic rings. The standard InChI is InChI=1S/C12H12F3NO3/c1-16(7-10(17)19-2)11(18)8-4-3-5-9(6-8)12(13,14)15/h3-6H,7H2,1-2H3. The Bertz CT molecular complexity index is 485. The monoisotopic (exact) mass is 275 g/mol. The van der Waals surface area contributed by atoms with Gasteiger partial charge in [-0.15, -0.1) is 0 Å². The Labute approximate surface area is 107 Å². The summed E-state index contributed by atoms with van der Waals surface area (Å²) in [6, 6.07) is 4.01. The van der Waals surface area contributed by atoms with Gasteiger partial charge in [-0.25, -0.2) is 0 Å². The largest absolute Gasteiger partial charge is 0.468 e. The fourth-order valence-electron chi connectivity index (χ4n) is 1.38. The highest BCUT2D eigenvalue weighted by Crippen LogP contribution is 2.29. The minimum Gasteiger partial charge on any atom is -0.468 e. The van der Waals surface area contributed by atoms with Crippen LogP contribution in [-0.2, 0) is 15.7 Å². The van der Waals surface area contributed by atoms with Crippen molar-refractivity contribution in [3.63, 3.8) is 0 Å². The maximum absolute atomic E-state index is 12.5. The molecule has 104 valence electrons. The zero-order chi connectivity index (χ0) is 14.6. The average Bonchev–Trinajstić information content (AvgIpc) is 2.36. The first-order valence-corrected chi connectivity index (χ1v) is 5.25. The molecule has 1 aromatic carbocycles. The predicted octanol–water partition coefficient (Wildman–Crippen LogP) is 1.95. The molecule has 0 radical (unpaired) electrons. The maximum Gasteiger partial charge on any atom is 0.416 e. The Morgan fingerprint density at radius 2 is 1.95 bits per heavy atom. The highest BCUT2D eigenvalue weighted by atomic mass is 19.4. The van der Waals surface area contributed by atoms with Crippen molar-refractivity contribution in [1.29, 1.82) is 0 Å². The number of hydrogen-bond acceptors (Lipinski definition) is 3. The molecule has 0 atom stereocenters. The van der Waals surface area contributed by atoms with E-state index in [1.165, 1.54) is 13.1 Å². The summed E-state index contributed by atoms with van der Waals surface area (Å²) in [5.41, 5.74) is -1.05. The molecule has 4 nitrogen and oxygen atoms in total. The molecule has 1 amide bonds. The van der Waals surface area contributed by atoms with Crippen LogP contribution in [0, 0.1) is 0 Å². The van der Waals surface area contributed by atoms with Crippen LogP contribution in [0.2, 0.25) is 0 Å². The highest BCUT2D eigenvalue weighted by Gasteiger charge is 2.31. The van der Waals surface area contributed by atoms with E-state index in [1.807, 2.05) is 0 Å². The molecule has 0 fully saturated rings. The first-order chi connectivity index (χ1) is 8.75. The van der Waals surface area contributed by atoms with Crippen molar-refractivity contribution >= 4 is 11.9 Å². The van der Waals surface area contributed by atoms with Crippen LogP contribution in [0.1, 0.15) is 15.9 Å². The normalized spacial score (nSPS) is 11.0. The van der Waals surface area contributed by atoms with Gasteiger partial charge in [0.25, 0.3) is 5.91 Å².